The van der Waals surface area contributed by atoms with E-state index in [2.05, 4.69) is 6.92 Å². The van der Waals surface area contributed by atoms with Crippen molar-refractivity contribution in [1.82, 2.24) is 0 Å². The molecule has 53 valence electrons. The second kappa shape index (κ2) is 3.21. The lowest BCUT2D eigenvalue weighted by molar-refractivity contribution is 0.403. The van der Waals surface area contributed by atoms with Gasteiger partial charge in [0.25, 0.3) is 0 Å². The third kappa shape index (κ3) is 1.98. The topological polar surface area (TPSA) is 26.0 Å². The van der Waals surface area contributed by atoms with Crippen molar-refractivity contribution in [2.45, 2.75) is 32.6 Å². The van der Waals surface area contributed by atoms with E-state index < -0.39 is 0 Å². The summed E-state index contributed by atoms with van der Waals surface area (Å²) in [5, 5.41) is 0. The Balaban J connectivity index is 2.18. The first-order valence-electron chi connectivity index (χ1n) is 3.86. The van der Waals surface area contributed by atoms with Crippen LogP contribution in [0.15, 0.2) is 0 Å². The minimum absolute atomic E-state index is 0.826. The van der Waals surface area contributed by atoms with Crippen LogP contribution in [0.4, 0.5) is 0 Å². The van der Waals surface area contributed by atoms with E-state index in [0.29, 0.717) is 0 Å². The van der Waals surface area contributed by atoms with Crippen molar-refractivity contribution in [1.29, 1.82) is 0 Å². The molecule has 0 spiro atoms. The Morgan fingerprint density at radius 2 is 2.00 bits per heavy atom. The Hall–Kier alpha value is -0.0400. The Morgan fingerprint density at radius 3 is 2.44 bits per heavy atom. The van der Waals surface area contributed by atoms with Gasteiger partial charge in [-0.1, -0.05) is 19.8 Å². The molecule has 0 saturated heterocycles. The number of nitrogens with two attached hydrogens (primary N) is 1. The van der Waals surface area contributed by atoms with Crippen LogP contribution in [0.1, 0.15) is 32.6 Å². The van der Waals surface area contributed by atoms with Crippen LogP contribution in [0.5, 0.6) is 0 Å². The van der Waals surface area contributed by atoms with Gasteiger partial charge in [0.15, 0.2) is 0 Å². The quantitative estimate of drug-likeness (QED) is 0.569. The van der Waals surface area contributed by atoms with E-state index in [1.54, 1.807) is 5.92 Å². The molecule has 9 heavy (non-hydrogen) atoms. The molecule has 0 unspecified atom stereocenters. The highest BCUT2D eigenvalue weighted by Gasteiger charge is 2.16. The molecule has 2 N–H and O–H groups in total. The Morgan fingerprint density at radius 1 is 1.44 bits per heavy atom. The molecule has 0 aromatic rings. The van der Waals surface area contributed by atoms with E-state index in [9.17, 15) is 0 Å². The number of rotatable bonds is 1. The molecule has 1 aliphatic rings. The minimum atomic E-state index is 0.826. The molecule has 0 aromatic heterocycles. The fourth-order valence-corrected chi connectivity index (χ4v) is 1.37. The zero-order chi connectivity index (χ0) is 6.69. The van der Waals surface area contributed by atoms with Gasteiger partial charge in [0, 0.05) is 0 Å². The number of hydrogen-bond acceptors (Lipinski definition) is 1. The van der Waals surface area contributed by atoms with E-state index in [-0.39, 0.29) is 0 Å². The van der Waals surface area contributed by atoms with E-state index in [1.807, 2.05) is 0 Å². The van der Waals surface area contributed by atoms with Crippen molar-refractivity contribution in [3.8, 4) is 0 Å². The van der Waals surface area contributed by atoms with Crippen LogP contribution in [0.3, 0.4) is 0 Å². The second-order valence-corrected chi connectivity index (χ2v) is 3.14. The van der Waals surface area contributed by atoms with Gasteiger partial charge in [-0.25, -0.2) is 0 Å². The van der Waals surface area contributed by atoms with Gasteiger partial charge in [0.2, 0.25) is 0 Å². The third-order valence-corrected chi connectivity index (χ3v) is 2.27. The second-order valence-electron chi connectivity index (χ2n) is 3.14. The van der Waals surface area contributed by atoms with Gasteiger partial charge in [-0.2, -0.15) is 0 Å². The van der Waals surface area contributed by atoms with Gasteiger partial charge in [-0.15, -0.1) is 0 Å². The summed E-state index contributed by atoms with van der Waals surface area (Å²) in [5.74, 6) is 2.52. The first-order valence-corrected chi connectivity index (χ1v) is 3.86. The first-order chi connectivity index (χ1) is 4.33. The summed E-state index contributed by atoms with van der Waals surface area (Å²) in [6.07, 6.45) is 5.31. The van der Waals surface area contributed by atoms with Crippen LogP contribution >= 0.6 is 0 Å². The molecule has 1 rings (SSSR count). The van der Waals surface area contributed by atoms with Crippen LogP contribution in [0, 0.1) is 11.8 Å². The lowest BCUT2D eigenvalue weighted by Crippen LogP contribution is -2.18. The largest absolute Gasteiger partial charge is 0.330 e. The summed E-state index contributed by atoms with van der Waals surface area (Å²) in [7, 11) is 0. The maximum Gasteiger partial charge on any atom is -0.00147 e. The molecule has 1 heteroatoms. The van der Waals surface area contributed by atoms with Crippen molar-refractivity contribution in [3.63, 3.8) is 0 Å². The van der Waals surface area contributed by atoms with Crippen LogP contribution < -0.4 is 5.73 Å². The van der Waals surface area contributed by atoms with Gasteiger partial charge in [0.1, 0.15) is 0 Å². The van der Waals surface area contributed by atoms with Crippen molar-refractivity contribution in [3.05, 3.63) is 5.92 Å². The van der Waals surface area contributed by atoms with Crippen LogP contribution in [-0.2, 0) is 0 Å². The highest BCUT2D eigenvalue weighted by atomic mass is 14.5. The van der Waals surface area contributed by atoms with Crippen LogP contribution in [0.2, 0.25) is 0 Å². The zero-order valence-electron chi connectivity index (χ0n) is 6.19. The van der Waals surface area contributed by atoms with Gasteiger partial charge >= 0.3 is 0 Å². The van der Waals surface area contributed by atoms with Crippen molar-refractivity contribution < 1.29 is 0 Å². The molecule has 1 radical (unpaired) electrons. The zero-order valence-corrected chi connectivity index (χ0v) is 6.19. The summed E-state index contributed by atoms with van der Waals surface area (Å²) in [6, 6.07) is 0. The monoisotopic (exact) mass is 126 g/mol. The molecule has 0 bridgehead atoms. The maximum atomic E-state index is 5.51. The van der Waals surface area contributed by atoms with Gasteiger partial charge < -0.3 is 5.73 Å². The predicted octanol–water partition coefficient (Wildman–Crippen LogP) is 1.73. The Bertz CT molecular complexity index is 72.6. The summed E-state index contributed by atoms with van der Waals surface area (Å²) in [5.41, 5.74) is 5.51. The van der Waals surface area contributed by atoms with Crippen LogP contribution in [-0.4, -0.2) is 6.54 Å². The van der Waals surface area contributed by atoms with Gasteiger partial charge in [0.05, 0.1) is 0 Å². The van der Waals surface area contributed by atoms with Crippen molar-refractivity contribution in [2.75, 3.05) is 6.54 Å². The minimum Gasteiger partial charge on any atom is -0.330 e. The van der Waals surface area contributed by atoms with Crippen LogP contribution in [0.25, 0.3) is 0 Å². The normalized spacial score (nSPS) is 24.7. The summed E-state index contributed by atoms with van der Waals surface area (Å²) >= 11 is 0. The number of hydrogen-bond donors (Lipinski definition) is 1. The lowest BCUT2D eigenvalue weighted by Gasteiger charge is -2.23. The molecule has 0 aliphatic heterocycles. The summed E-state index contributed by atoms with van der Waals surface area (Å²) < 4.78 is 0. The summed E-state index contributed by atoms with van der Waals surface area (Å²) in [6.45, 7) is 3.15. The van der Waals surface area contributed by atoms with E-state index in [4.69, 9.17) is 5.73 Å². The predicted molar refractivity (Wildman–Crippen MR) is 39.9 cm³/mol. The van der Waals surface area contributed by atoms with Crippen molar-refractivity contribution >= 4 is 0 Å². The highest BCUT2D eigenvalue weighted by Crippen LogP contribution is 2.28. The third-order valence-electron chi connectivity index (χ3n) is 2.27. The molecule has 1 nitrogen and oxygen atoms in total. The average Bonchev–Trinajstić information content (AvgIpc) is 1.90. The van der Waals surface area contributed by atoms with E-state index >= 15 is 0 Å². The van der Waals surface area contributed by atoms with Crippen molar-refractivity contribution in [2.24, 2.45) is 11.7 Å². The Labute approximate surface area is 57.6 Å². The molecular weight excluding hydrogens is 110 g/mol. The Kier molecular flexibility index (Phi) is 2.52. The highest BCUT2D eigenvalue weighted by molar-refractivity contribution is 4.94. The van der Waals surface area contributed by atoms with Gasteiger partial charge in [-0.3, -0.25) is 0 Å². The molecule has 0 heterocycles. The standard InChI is InChI=1S/C8H16N/c1-7-2-4-8(6-9)5-3-7/h7H,2-6,9H2,1H3. The fraction of sp³-hybridized carbons (Fsp3) is 0.875. The van der Waals surface area contributed by atoms with E-state index in [0.717, 1.165) is 12.5 Å². The summed E-state index contributed by atoms with van der Waals surface area (Å²) in [4.78, 5) is 0. The molecular formula is C8H16N. The lowest BCUT2D eigenvalue weighted by atomic mass is 9.83. The molecule has 1 fully saturated rings. The van der Waals surface area contributed by atoms with Gasteiger partial charge in [-0.05, 0) is 31.2 Å². The molecule has 0 amide bonds. The smallest absolute Gasteiger partial charge is 0.00147 e. The first kappa shape index (κ1) is 7.07. The SMILES string of the molecule is CC1CC[C](CN)CC1. The molecule has 0 aromatic carbocycles. The van der Waals surface area contributed by atoms with E-state index in [1.165, 1.54) is 25.7 Å². The average molecular weight is 126 g/mol. The molecule has 1 saturated carbocycles. The fourth-order valence-electron chi connectivity index (χ4n) is 1.37. The molecule has 1 aliphatic carbocycles. The maximum absolute atomic E-state index is 5.51. The molecule has 0 atom stereocenters.